The van der Waals surface area contributed by atoms with E-state index in [-0.39, 0.29) is 21.4 Å². The standard InChI is InChI=1S/C21H13ClN4O2S/c1-12(27)20-25-26(14-8-6-13(22)7-9-14)21(29-20)16(10-23)19(28)17-11-24-18-5-3-2-4-15(17)18/h2-9,11,24H,1H3/b21-16-. The number of allylic oxidation sites excluding steroid dienone is 1. The fourth-order valence-corrected chi connectivity index (χ4v) is 3.99. The second-order valence-electron chi connectivity index (χ2n) is 6.22. The molecule has 2 heterocycles. The molecule has 0 atom stereocenters. The highest BCUT2D eigenvalue weighted by Crippen LogP contribution is 2.38. The molecule has 0 fully saturated rings. The number of hydrazone groups is 1. The number of para-hydroxylation sites is 1. The molecule has 1 aliphatic rings. The molecular weight excluding hydrogens is 408 g/mol. The van der Waals surface area contributed by atoms with E-state index in [1.165, 1.54) is 11.9 Å². The van der Waals surface area contributed by atoms with Crippen molar-refractivity contribution < 1.29 is 9.59 Å². The summed E-state index contributed by atoms with van der Waals surface area (Å²) in [6, 6.07) is 16.1. The molecule has 142 valence electrons. The summed E-state index contributed by atoms with van der Waals surface area (Å²) < 4.78 is 0. The Morgan fingerprint density at radius 1 is 1.17 bits per heavy atom. The number of hydrogen-bond donors (Lipinski definition) is 1. The lowest BCUT2D eigenvalue weighted by molar-refractivity contribution is -0.110. The van der Waals surface area contributed by atoms with Crippen molar-refractivity contribution in [2.24, 2.45) is 5.10 Å². The highest BCUT2D eigenvalue weighted by Gasteiger charge is 2.32. The summed E-state index contributed by atoms with van der Waals surface area (Å²) in [4.78, 5) is 28.2. The number of carbonyl (C=O) groups excluding carboxylic acids is 2. The topological polar surface area (TPSA) is 89.3 Å². The second-order valence-corrected chi connectivity index (χ2v) is 7.63. The quantitative estimate of drug-likeness (QED) is 0.368. The Morgan fingerprint density at radius 2 is 1.90 bits per heavy atom. The summed E-state index contributed by atoms with van der Waals surface area (Å²) >= 11 is 6.97. The van der Waals surface area contributed by atoms with Crippen LogP contribution < -0.4 is 5.01 Å². The van der Waals surface area contributed by atoms with Crippen molar-refractivity contribution >= 4 is 56.6 Å². The number of nitriles is 1. The van der Waals surface area contributed by atoms with E-state index >= 15 is 0 Å². The van der Waals surface area contributed by atoms with Crippen LogP contribution in [0.1, 0.15) is 17.3 Å². The number of rotatable bonds is 4. The van der Waals surface area contributed by atoms with Crippen LogP contribution in [0.3, 0.4) is 0 Å². The van der Waals surface area contributed by atoms with E-state index < -0.39 is 5.78 Å². The maximum Gasteiger partial charge on any atom is 0.208 e. The van der Waals surface area contributed by atoms with Gasteiger partial charge in [0, 0.05) is 34.6 Å². The molecule has 1 aliphatic heterocycles. The minimum atomic E-state index is -0.439. The highest BCUT2D eigenvalue weighted by atomic mass is 35.5. The lowest BCUT2D eigenvalue weighted by Crippen LogP contribution is -2.15. The summed E-state index contributed by atoms with van der Waals surface area (Å²) in [5.41, 5.74) is 1.69. The molecule has 4 rings (SSSR count). The Labute approximate surface area is 175 Å². The Bertz CT molecular complexity index is 1250. The van der Waals surface area contributed by atoms with Gasteiger partial charge in [0.2, 0.25) is 5.78 Å². The van der Waals surface area contributed by atoms with Crippen LogP contribution in [0.5, 0.6) is 0 Å². The van der Waals surface area contributed by atoms with Crippen LogP contribution in [-0.4, -0.2) is 21.6 Å². The number of aromatic amines is 1. The van der Waals surface area contributed by atoms with Crippen LogP contribution in [0.15, 0.2) is 70.4 Å². The smallest absolute Gasteiger partial charge is 0.208 e. The highest BCUT2D eigenvalue weighted by molar-refractivity contribution is 8.19. The molecule has 0 unspecified atom stereocenters. The minimum absolute atomic E-state index is 0.0882. The van der Waals surface area contributed by atoms with E-state index in [0.29, 0.717) is 16.3 Å². The summed E-state index contributed by atoms with van der Waals surface area (Å²) in [5.74, 6) is -0.688. The zero-order chi connectivity index (χ0) is 20.5. The van der Waals surface area contributed by atoms with Crippen LogP contribution in [0, 0.1) is 11.3 Å². The van der Waals surface area contributed by atoms with Crippen LogP contribution in [0.2, 0.25) is 5.02 Å². The number of benzene rings is 2. The number of nitrogens with one attached hydrogen (secondary N) is 1. The van der Waals surface area contributed by atoms with Gasteiger partial charge in [-0.1, -0.05) is 29.8 Å². The van der Waals surface area contributed by atoms with Crippen molar-refractivity contribution in [2.75, 3.05) is 5.01 Å². The summed E-state index contributed by atoms with van der Waals surface area (Å²) in [6.07, 6.45) is 1.59. The van der Waals surface area contributed by atoms with Crippen molar-refractivity contribution in [1.82, 2.24) is 4.98 Å². The predicted molar refractivity (Wildman–Crippen MR) is 115 cm³/mol. The van der Waals surface area contributed by atoms with Gasteiger partial charge in [-0.2, -0.15) is 10.4 Å². The maximum atomic E-state index is 13.2. The summed E-state index contributed by atoms with van der Waals surface area (Å²) in [5, 5.41) is 17.3. The molecule has 3 aromatic rings. The molecule has 29 heavy (non-hydrogen) atoms. The first-order valence-corrected chi connectivity index (χ1v) is 9.77. The van der Waals surface area contributed by atoms with Crippen LogP contribution in [0.25, 0.3) is 10.9 Å². The summed E-state index contributed by atoms with van der Waals surface area (Å²) in [7, 11) is 0. The lowest BCUT2D eigenvalue weighted by Gasteiger charge is -2.16. The number of anilines is 1. The number of aromatic nitrogens is 1. The molecule has 0 spiro atoms. The van der Waals surface area contributed by atoms with E-state index in [0.717, 1.165) is 22.7 Å². The zero-order valence-corrected chi connectivity index (χ0v) is 16.7. The van der Waals surface area contributed by atoms with Crippen molar-refractivity contribution in [1.29, 1.82) is 5.26 Å². The number of halogens is 1. The third-order valence-electron chi connectivity index (χ3n) is 4.34. The molecule has 8 heteroatoms. The summed E-state index contributed by atoms with van der Waals surface area (Å²) in [6.45, 7) is 1.39. The number of fused-ring (bicyclic) bond motifs is 1. The van der Waals surface area contributed by atoms with Crippen molar-refractivity contribution in [2.45, 2.75) is 6.92 Å². The average Bonchev–Trinajstić information content (AvgIpc) is 3.34. The van der Waals surface area contributed by atoms with Gasteiger partial charge in [-0.25, -0.2) is 5.01 Å². The van der Waals surface area contributed by atoms with Gasteiger partial charge in [-0.3, -0.25) is 9.59 Å². The van der Waals surface area contributed by atoms with Gasteiger partial charge in [0.1, 0.15) is 16.7 Å². The molecule has 6 nitrogen and oxygen atoms in total. The largest absolute Gasteiger partial charge is 0.360 e. The predicted octanol–water partition coefficient (Wildman–Crippen LogP) is 4.90. The Kier molecular flexibility index (Phi) is 4.97. The first kappa shape index (κ1) is 19.0. The first-order valence-electron chi connectivity index (χ1n) is 8.58. The number of nitrogens with zero attached hydrogens (tertiary/aromatic N) is 3. The third kappa shape index (κ3) is 3.44. The molecule has 1 aromatic heterocycles. The van der Waals surface area contributed by atoms with Crippen molar-refractivity contribution in [3.8, 4) is 6.07 Å². The number of carbonyl (C=O) groups is 2. The van der Waals surface area contributed by atoms with Gasteiger partial charge in [-0.05, 0) is 42.1 Å². The molecular formula is C21H13ClN4O2S. The van der Waals surface area contributed by atoms with Gasteiger partial charge < -0.3 is 4.98 Å². The number of H-pyrrole nitrogens is 1. The van der Waals surface area contributed by atoms with Gasteiger partial charge in [0.05, 0.1) is 5.69 Å². The number of Topliss-reactive ketones (excluding diaryl/α,β-unsaturated/α-hetero) is 2. The van der Waals surface area contributed by atoms with Gasteiger partial charge in [0.25, 0.3) is 0 Å². The SMILES string of the molecule is CC(=O)C1=NN(c2ccc(Cl)cc2)/C(=C(\C#N)C(=O)c2c[nH]c3ccccc23)S1. The molecule has 0 saturated heterocycles. The van der Waals surface area contributed by atoms with E-state index in [1.807, 2.05) is 30.3 Å². The van der Waals surface area contributed by atoms with E-state index in [4.69, 9.17) is 11.6 Å². The third-order valence-corrected chi connectivity index (χ3v) is 5.72. The first-order chi connectivity index (χ1) is 14.0. The fourth-order valence-electron chi connectivity index (χ4n) is 2.94. The van der Waals surface area contributed by atoms with Crippen molar-refractivity contribution in [3.63, 3.8) is 0 Å². The minimum Gasteiger partial charge on any atom is -0.360 e. The fraction of sp³-hybridized carbons (Fsp3) is 0.0476. The van der Waals surface area contributed by atoms with Crippen molar-refractivity contribution in [3.05, 3.63) is 75.9 Å². The van der Waals surface area contributed by atoms with E-state index in [2.05, 4.69) is 10.1 Å². The molecule has 0 saturated carbocycles. The lowest BCUT2D eigenvalue weighted by atomic mass is 10.0. The normalized spacial score (nSPS) is 15.2. The molecule has 1 N–H and O–H groups in total. The molecule has 0 radical (unpaired) electrons. The Hall–Kier alpha value is -3.34. The number of hydrogen-bond acceptors (Lipinski definition) is 6. The van der Waals surface area contributed by atoms with Gasteiger partial charge in [-0.15, -0.1) is 0 Å². The average molecular weight is 421 g/mol. The van der Waals surface area contributed by atoms with Crippen LogP contribution in [0.4, 0.5) is 5.69 Å². The van der Waals surface area contributed by atoms with Crippen LogP contribution in [-0.2, 0) is 4.79 Å². The van der Waals surface area contributed by atoms with E-state index in [9.17, 15) is 14.9 Å². The maximum absolute atomic E-state index is 13.2. The molecule has 2 aromatic carbocycles. The van der Waals surface area contributed by atoms with Crippen LogP contribution >= 0.6 is 23.4 Å². The zero-order valence-electron chi connectivity index (χ0n) is 15.1. The second kappa shape index (κ2) is 7.59. The number of ketones is 2. The molecule has 0 bridgehead atoms. The van der Waals surface area contributed by atoms with E-state index in [1.54, 1.807) is 30.5 Å². The van der Waals surface area contributed by atoms with Gasteiger partial charge in [0.15, 0.2) is 10.8 Å². The Balaban J connectivity index is 1.85. The molecule has 0 aliphatic carbocycles. The number of thioether (sulfide) groups is 1. The van der Waals surface area contributed by atoms with Gasteiger partial charge >= 0.3 is 0 Å². The monoisotopic (exact) mass is 420 g/mol. The Morgan fingerprint density at radius 3 is 2.59 bits per heavy atom. The molecule has 0 amide bonds.